The molecule has 0 amide bonds. The van der Waals surface area contributed by atoms with E-state index in [9.17, 15) is 0 Å². The molecular formula is C14H19ClN2. The van der Waals surface area contributed by atoms with Crippen molar-refractivity contribution in [3.63, 3.8) is 0 Å². The normalized spacial score (nSPS) is 10.3. The Morgan fingerprint density at radius 2 is 2.12 bits per heavy atom. The van der Waals surface area contributed by atoms with E-state index in [2.05, 4.69) is 25.2 Å². The molecule has 0 aliphatic rings. The first kappa shape index (κ1) is 13.9. The molecule has 0 aliphatic carbocycles. The highest BCUT2D eigenvalue weighted by Crippen LogP contribution is 2.22. The van der Waals surface area contributed by atoms with Crippen molar-refractivity contribution in [2.24, 2.45) is 5.92 Å². The number of nitrogens with zero attached hydrogens (tertiary/aromatic N) is 1. The second kappa shape index (κ2) is 7.19. The molecule has 17 heavy (non-hydrogen) atoms. The van der Waals surface area contributed by atoms with Gasteiger partial charge in [0.25, 0.3) is 0 Å². The fourth-order valence-corrected chi connectivity index (χ4v) is 1.88. The zero-order chi connectivity index (χ0) is 12.7. The van der Waals surface area contributed by atoms with Crippen LogP contribution in [0.1, 0.15) is 38.7 Å². The van der Waals surface area contributed by atoms with E-state index in [0.29, 0.717) is 10.6 Å². The van der Waals surface area contributed by atoms with E-state index in [1.807, 2.05) is 6.07 Å². The predicted octanol–water partition coefficient (Wildman–Crippen LogP) is 4.45. The lowest BCUT2D eigenvalue weighted by molar-refractivity contribution is 0.545. The lowest BCUT2D eigenvalue weighted by atomic mass is 10.1. The molecule has 0 atom stereocenters. The average Bonchev–Trinajstić information content (AvgIpc) is 2.30. The number of nitriles is 1. The maximum absolute atomic E-state index is 8.72. The Morgan fingerprint density at radius 3 is 2.71 bits per heavy atom. The third kappa shape index (κ3) is 5.10. The molecule has 0 aromatic heterocycles. The third-order valence-electron chi connectivity index (χ3n) is 2.62. The van der Waals surface area contributed by atoms with E-state index < -0.39 is 0 Å². The molecule has 0 saturated carbocycles. The Kier molecular flexibility index (Phi) is 5.86. The molecule has 2 nitrogen and oxygen atoms in total. The van der Waals surface area contributed by atoms with Crippen LogP contribution in [0.25, 0.3) is 0 Å². The number of benzene rings is 1. The van der Waals surface area contributed by atoms with Gasteiger partial charge in [-0.15, -0.1) is 0 Å². The lowest BCUT2D eigenvalue weighted by Crippen LogP contribution is -2.02. The van der Waals surface area contributed by atoms with Crippen LogP contribution in [0.15, 0.2) is 18.2 Å². The summed E-state index contributed by atoms with van der Waals surface area (Å²) in [7, 11) is 0. The van der Waals surface area contributed by atoms with Crippen molar-refractivity contribution in [3.05, 3.63) is 28.8 Å². The molecular weight excluding hydrogens is 232 g/mol. The van der Waals surface area contributed by atoms with Crippen LogP contribution < -0.4 is 5.32 Å². The minimum absolute atomic E-state index is 0.598. The topological polar surface area (TPSA) is 35.8 Å². The molecule has 0 bridgehead atoms. The Bertz CT molecular complexity index is 394. The van der Waals surface area contributed by atoms with Gasteiger partial charge in [-0.1, -0.05) is 38.3 Å². The minimum Gasteiger partial charge on any atom is -0.384 e. The Labute approximate surface area is 109 Å². The first-order valence-electron chi connectivity index (χ1n) is 6.07. The summed E-state index contributed by atoms with van der Waals surface area (Å²) in [6, 6.07) is 7.41. The van der Waals surface area contributed by atoms with Gasteiger partial charge in [-0.05, 0) is 30.5 Å². The van der Waals surface area contributed by atoms with Crippen LogP contribution in [0.5, 0.6) is 0 Å². The second-order valence-corrected chi connectivity index (χ2v) is 5.03. The number of nitrogens with one attached hydrogen (secondary N) is 1. The highest BCUT2D eigenvalue weighted by Gasteiger charge is 2.01. The Hall–Kier alpha value is -1.20. The van der Waals surface area contributed by atoms with E-state index in [0.717, 1.165) is 24.6 Å². The van der Waals surface area contributed by atoms with Gasteiger partial charge in [0.2, 0.25) is 0 Å². The number of hydrogen-bond acceptors (Lipinski definition) is 2. The standard InChI is InChI=1S/C14H19ClN2/c1-11(2)5-3-4-8-17-14-7-6-12(10-16)9-13(14)15/h6-7,9,11,17H,3-5,8H2,1-2H3. The largest absolute Gasteiger partial charge is 0.384 e. The molecule has 0 aliphatic heterocycles. The molecule has 0 fully saturated rings. The summed E-state index contributed by atoms with van der Waals surface area (Å²) in [5.74, 6) is 0.772. The van der Waals surface area contributed by atoms with Gasteiger partial charge in [0.1, 0.15) is 0 Å². The number of hydrogen-bond donors (Lipinski definition) is 1. The van der Waals surface area contributed by atoms with Crippen molar-refractivity contribution < 1.29 is 0 Å². The van der Waals surface area contributed by atoms with Gasteiger partial charge < -0.3 is 5.32 Å². The molecule has 3 heteroatoms. The fourth-order valence-electron chi connectivity index (χ4n) is 1.63. The van der Waals surface area contributed by atoms with Crippen LogP contribution in [0.4, 0.5) is 5.69 Å². The van der Waals surface area contributed by atoms with Crippen molar-refractivity contribution in [2.75, 3.05) is 11.9 Å². The molecule has 1 rings (SSSR count). The smallest absolute Gasteiger partial charge is 0.0992 e. The maximum atomic E-state index is 8.72. The van der Waals surface area contributed by atoms with Crippen molar-refractivity contribution in [1.29, 1.82) is 5.26 Å². The van der Waals surface area contributed by atoms with Crippen LogP contribution in [-0.4, -0.2) is 6.54 Å². The van der Waals surface area contributed by atoms with Crippen molar-refractivity contribution in [2.45, 2.75) is 33.1 Å². The van der Waals surface area contributed by atoms with Gasteiger partial charge in [0, 0.05) is 6.54 Å². The van der Waals surface area contributed by atoms with E-state index in [-0.39, 0.29) is 0 Å². The van der Waals surface area contributed by atoms with Gasteiger partial charge in [-0.25, -0.2) is 0 Å². The van der Waals surface area contributed by atoms with Crippen LogP contribution in [0, 0.1) is 17.2 Å². The lowest BCUT2D eigenvalue weighted by Gasteiger charge is -2.09. The molecule has 92 valence electrons. The van der Waals surface area contributed by atoms with Crippen molar-refractivity contribution >= 4 is 17.3 Å². The molecule has 0 unspecified atom stereocenters. The van der Waals surface area contributed by atoms with E-state index in [1.165, 1.54) is 12.8 Å². The minimum atomic E-state index is 0.598. The van der Waals surface area contributed by atoms with E-state index in [1.54, 1.807) is 12.1 Å². The number of rotatable bonds is 6. The predicted molar refractivity (Wildman–Crippen MR) is 73.3 cm³/mol. The van der Waals surface area contributed by atoms with E-state index in [4.69, 9.17) is 16.9 Å². The first-order valence-corrected chi connectivity index (χ1v) is 6.45. The van der Waals surface area contributed by atoms with Gasteiger partial charge >= 0.3 is 0 Å². The second-order valence-electron chi connectivity index (χ2n) is 4.62. The van der Waals surface area contributed by atoms with Gasteiger partial charge in [0.05, 0.1) is 22.3 Å². The van der Waals surface area contributed by atoms with Gasteiger partial charge in [0.15, 0.2) is 0 Å². The highest BCUT2D eigenvalue weighted by molar-refractivity contribution is 6.33. The summed E-state index contributed by atoms with van der Waals surface area (Å²) in [5, 5.41) is 12.6. The summed E-state index contributed by atoms with van der Waals surface area (Å²) in [6.07, 6.45) is 3.65. The van der Waals surface area contributed by atoms with Crippen LogP contribution in [0.2, 0.25) is 5.02 Å². The highest BCUT2D eigenvalue weighted by atomic mass is 35.5. The zero-order valence-electron chi connectivity index (χ0n) is 10.5. The van der Waals surface area contributed by atoms with Gasteiger partial charge in [-0.2, -0.15) is 5.26 Å². The van der Waals surface area contributed by atoms with Crippen LogP contribution in [-0.2, 0) is 0 Å². The number of halogens is 1. The van der Waals surface area contributed by atoms with Crippen molar-refractivity contribution in [1.82, 2.24) is 0 Å². The third-order valence-corrected chi connectivity index (χ3v) is 2.93. The summed E-state index contributed by atoms with van der Waals surface area (Å²) in [4.78, 5) is 0. The zero-order valence-corrected chi connectivity index (χ0v) is 11.2. The molecule has 0 heterocycles. The average molecular weight is 251 g/mol. The molecule has 0 radical (unpaired) electrons. The van der Waals surface area contributed by atoms with Crippen molar-refractivity contribution in [3.8, 4) is 6.07 Å². The summed E-state index contributed by atoms with van der Waals surface area (Å²) < 4.78 is 0. The Morgan fingerprint density at radius 1 is 1.35 bits per heavy atom. The Balaban J connectivity index is 2.35. The number of unbranched alkanes of at least 4 members (excludes halogenated alkanes) is 1. The van der Waals surface area contributed by atoms with Crippen LogP contribution >= 0.6 is 11.6 Å². The summed E-state index contributed by atoms with van der Waals surface area (Å²) in [5.41, 5.74) is 1.51. The molecule has 0 saturated heterocycles. The summed E-state index contributed by atoms with van der Waals surface area (Å²) in [6.45, 7) is 5.41. The monoisotopic (exact) mass is 250 g/mol. The summed E-state index contributed by atoms with van der Waals surface area (Å²) >= 11 is 6.06. The quantitative estimate of drug-likeness (QED) is 0.757. The molecule has 1 aromatic rings. The molecule has 0 spiro atoms. The molecule has 1 aromatic carbocycles. The first-order chi connectivity index (χ1) is 8.13. The number of anilines is 1. The van der Waals surface area contributed by atoms with Crippen LogP contribution in [0.3, 0.4) is 0 Å². The van der Waals surface area contributed by atoms with E-state index >= 15 is 0 Å². The SMILES string of the molecule is CC(C)CCCCNc1ccc(C#N)cc1Cl. The molecule has 1 N–H and O–H groups in total. The maximum Gasteiger partial charge on any atom is 0.0992 e. The fraction of sp³-hybridized carbons (Fsp3) is 0.500. The van der Waals surface area contributed by atoms with Gasteiger partial charge in [-0.3, -0.25) is 0 Å².